The van der Waals surface area contributed by atoms with Gasteiger partial charge in [0.05, 0.1) is 12.6 Å². The Kier molecular flexibility index (Phi) is 6.58. The third-order valence-corrected chi connectivity index (χ3v) is 6.11. The van der Waals surface area contributed by atoms with Gasteiger partial charge in [-0.25, -0.2) is 0 Å². The summed E-state index contributed by atoms with van der Waals surface area (Å²) in [6, 6.07) is 9.43. The van der Waals surface area contributed by atoms with Gasteiger partial charge in [-0.2, -0.15) is 0 Å². The molecule has 1 aromatic rings. The van der Waals surface area contributed by atoms with Crippen LogP contribution in [0.25, 0.3) is 0 Å². The highest BCUT2D eigenvalue weighted by molar-refractivity contribution is 5.80. The van der Waals surface area contributed by atoms with Crippen molar-refractivity contribution in [3.63, 3.8) is 0 Å². The molecule has 0 atom stereocenters. The number of aliphatic imine (C=N–C) groups is 1. The number of benzene rings is 1. The molecule has 0 aromatic heterocycles. The summed E-state index contributed by atoms with van der Waals surface area (Å²) in [4.78, 5) is 5.02. The lowest BCUT2D eigenvalue weighted by Crippen LogP contribution is -2.46. The van der Waals surface area contributed by atoms with Gasteiger partial charge in [0.2, 0.25) is 0 Å². The van der Waals surface area contributed by atoms with Gasteiger partial charge in [0.25, 0.3) is 0 Å². The number of aliphatic hydroxyl groups excluding tert-OH is 1. The summed E-state index contributed by atoms with van der Waals surface area (Å²) in [5.41, 5.74) is 2.98. The molecule has 0 unspecified atom stereocenters. The average Bonchev–Trinajstić information content (AvgIpc) is 3.12. The van der Waals surface area contributed by atoms with Crippen LogP contribution >= 0.6 is 0 Å². The average molecular weight is 358 g/mol. The van der Waals surface area contributed by atoms with E-state index in [1.807, 2.05) is 0 Å². The Hall–Kier alpha value is -1.55. The van der Waals surface area contributed by atoms with Crippen molar-refractivity contribution < 1.29 is 5.11 Å². The molecule has 0 aliphatic heterocycles. The molecule has 2 aliphatic carbocycles. The van der Waals surface area contributed by atoms with Crippen molar-refractivity contribution in [2.75, 3.05) is 13.1 Å². The van der Waals surface area contributed by atoms with Crippen LogP contribution in [0.3, 0.4) is 0 Å². The molecule has 26 heavy (non-hydrogen) atoms. The first-order chi connectivity index (χ1) is 12.6. The smallest absolute Gasteiger partial charge is 0.191 e. The molecule has 2 saturated carbocycles. The molecule has 0 heterocycles. The summed E-state index contributed by atoms with van der Waals surface area (Å²) in [5.74, 6) is 0.938. The van der Waals surface area contributed by atoms with Gasteiger partial charge >= 0.3 is 0 Å². The van der Waals surface area contributed by atoms with Crippen LogP contribution in [0.4, 0.5) is 0 Å². The van der Waals surface area contributed by atoms with Crippen LogP contribution in [0.5, 0.6) is 0 Å². The highest BCUT2D eigenvalue weighted by atomic mass is 16.3. The summed E-state index contributed by atoms with van der Waals surface area (Å²) in [5, 5.41) is 16.8. The zero-order chi connectivity index (χ0) is 18.4. The second-order valence-corrected chi connectivity index (χ2v) is 8.20. The molecule has 3 N–H and O–H groups in total. The summed E-state index contributed by atoms with van der Waals surface area (Å²) < 4.78 is 0. The van der Waals surface area contributed by atoms with E-state index in [2.05, 4.69) is 48.7 Å². The summed E-state index contributed by atoms with van der Waals surface area (Å²) in [7, 11) is 0. The number of aryl methyl sites for hydroxylation is 1. The minimum atomic E-state index is -0.115. The fourth-order valence-electron chi connectivity index (χ4n) is 4.53. The van der Waals surface area contributed by atoms with Crippen LogP contribution < -0.4 is 10.6 Å². The molecule has 0 bridgehead atoms. The molecule has 0 radical (unpaired) electrons. The highest BCUT2D eigenvalue weighted by Crippen LogP contribution is 2.41. The third-order valence-electron chi connectivity index (χ3n) is 6.11. The summed E-state index contributed by atoms with van der Waals surface area (Å²) in [6.45, 7) is 6.02. The van der Waals surface area contributed by atoms with Gasteiger partial charge in [-0.15, -0.1) is 0 Å². The van der Waals surface area contributed by atoms with E-state index in [0.717, 1.165) is 44.7 Å². The van der Waals surface area contributed by atoms with E-state index in [-0.39, 0.29) is 11.5 Å². The Morgan fingerprint density at radius 2 is 1.92 bits per heavy atom. The Morgan fingerprint density at radius 1 is 1.19 bits per heavy atom. The topological polar surface area (TPSA) is 56.7 Å². The number of nitrogens with one attached hydrogen (secondary N) is 2. The third kappa shape index (κ3) is 4.79. The first kappa shape index (κ1) is 19.2. The monoisotopic (exact) mass is 357 g/mol. The van der Waals surface area contributed by atoms with Gasteiger partial charge in [0.1, 0.15) is 0 Å². The number of hydrogen-bond acceptors (Lipinski definition) is 2. The van der Waals surface area contributed by atoms with Gasteiger partial charge in [-0.05, 0) is 57.9 Å². The lowest BCUT2D eigenvalue weighted by molar-refractivity contribution is 0.120. The number of rotatable bonds is 5. The van der Waals surface area contributed by atoms with Gasteiger partial charge in [-0.3, -0.25) is 4.99 Å². The molecule has 4 heteroatoms. The Balaban J connectivity index is 1.71. The number of guanidine groups is 1. The van der Waals surface area contributed by atoms with Crippen molar-refractivity contribution in [3.05, 3.63) is 35.4 Å². The maximum atomic E-state index is 9.72. The van der Waals surface area contributed by atoms with E-state index < -0.39 is 0 Å². The summed E-state index contributed by atoms with van der Waals surface area (Å²) in [6.07, 6.45) is 8.78. The minimum absolute atomic E-state index is 0.115. The van der Waals surface area contributed by atoms with Crippen molar-refractivity contribution in [1.82, 2.24) is 10.6 Å². The Labute approximate surface area is 158 Å². The molecular weight excluding hydrogens is 322 g/mol. The lowest BCUT2D eigenvalue weighted by Gasteiger charge is -2.30. The molecule has 3 rings (SSSR count). The number of nitrogens with zero attached hydrogens (tertiary/aromatic N) is 1. The van der Waals surface area contributed by atoms with Crippen LogP contribution in [0.15, 0.2) is 29.3 Å². The molecule has 0 amide bonds. The van der Waals surface area contributed by atoms with Crippen molar-refractivity contribution in [2.45, 2.75) is 82.8 Å². The van der Waals surface area contributed by atoms with Gasteiger partial charge < -0.3 is 15.7 Å². The van der Waals surface area contributed by atoms with Crippen molar-refractivity contribution in [3.8, 4) is 0 Å². The first-order valence-corrected chi connectivity index (χ1v) is 10.4. The van der Waals surface area contributed by atoms with Crippen LogP contribution in [-0.2, 0) is 5.41 Å². The van der Waals surface area contributed by atoms with Crippen LogP contribution in [0.2, 0.25) is 0 Å². The number of hydrogen-bond donors (Lipinski definition) is 3. The molecule has 1 aromatic carbocycles. The zero-order valence-corrected chi connectivity index (χ0v) is 16.4. The molecular formula is C22H35N3O. The Bertz CT molecular complexity index is 599. The Morgan fingerprint density at radius 3 is 2.58 bits per heavy atom. The van der Waals surface area contributed by atoms with Gasteiger partial charge in [-0.1, -0.05) is 42.7 Å². The zero-order valence-electron chi connectivity index (χ0n) is 16.4. The van der Waals surface area contributed by atoms with E-state index >= 15 is 0 Å². The quantitative estimate of drug-likeness (QED) is 0.557. The highest BCUT2D eigenvalue weighted by Gasteiger charge is 2.35. The van der Waals surface area contributed by atoms with E-state index in [4.69, 9.17) is 4.99 Å². The van der Waals surface area contributed by atoms with Gasteiger partial charge in [0.15, 0.2) is 5.96 Å². The second-order valence-electron chi connectivity index (χ2n) is 8.20. The van der Waals surface area contributed by atoms with Crippen LogP contribution in [-0.4, -0.2) is 36.3 Å². The van der Waals surface area contributed by atoms with Crippen molar-refractivity contribution >= 4 is 5.96 Å². The van der Waals surface area contributed by atoms with Gasteiger partial charge in [0, 0.05) is 18.0 Å². The SMILES string of the molecule is CCNC(=NCC1(c2cccc(C)c2)CCCC1)NC1CCC(O)CC1. The van der Waals surface area contributed by atoms with Crippen LogP contribution in [0, 0.1) is 6.92 Å². The maximum Gasteiger partial charge on any atom is 0.191 e. The predicted molar refractivity (Wildman–Crippen MR) is 109 cm³/mol. The van der Waals surface area contributed by atoms with Crippen molar-refractivity contribution in [1.29, 1.82) is 0 Å². The standard InChI is InChI=1S/C22H35N3O/c1-3-23-21(25-19-9-11-20(26)12-10-19)24-16-22(13-4-5-14-22)18-8-6-7-17(2)15-18/h6-8,15,19-20,26H,3-5,9-14,16H2,1-2H3,(H2,23,24,25). The molecule has 0 spiro atoms. The maximum absolute atomic E-state index is 9.72. The molecule has 2 aliphatic rings. The van der Waals surface area contributed by atoms with Crippen LogP contribution in [0.1, 0.15) is 69.4 Å². The first-order valence-electron chi connectivity index (χ1n) is 10.4. The fourth-order valence-corrected chi connectivity index (χ4v) is 4.53. The van der Waals surface area contributed by atoms with E-state index in [1.54, 1.807) is 0 Å². The molecule has 0 saturated heterocycles. The lowest BCUT2D eigenvalue weighted by atomic mass is 9.78. The van der Waals surface area contributed by atoms with E-state index in [9.17, 15) is 5.11 Å². The minimum Gasteiger partial charge on any atom is -0.393 e. The second kappa shape index (κ2) is 8.90. The normalized spacial score (nSPS) is 25.9. The predicted octanol–water partition coefficient (Wildman–Crippen LogP) is 3.67. The largest absolute Gasteiger partial charge is 0.393 e. The summed E-state index contributed by atoms with van der Waals surface area (Å²) >= 11 is 0. The van der Waals surface area contributed by atoms with Crippen molar-refractivity contribution in [2.24, 2.45) is 4.99 Å². The molecule has 144 valence electrons. The fraction of sp³-hybridized carbons (Fsp3) is 0.682. The molecule has 2 fully saturated rings. The van der Waals surface area contributed by atoms with E-state index in [1.165, 1.54) is 36.8 Å². The molecule has 4 nitrogen and oxygen atoms in total. The van der Waals surface area contributed by atoms with E-state index in [0.29, 0.717) is 6.04 Å². The number of aliphatic hydroxyl groups is 1.